The van der Waals surface area contributed by atoms with Crippen molar-refractivity contribution in [2.24, 2.45) is 22.4 Å². The number of carboxylic acid groups (broad SMARTS) is 1. The number of rotatable bonds is 3. The molecule has 0 aliphatic heterocycles. The van der Waals surface area contributed by atoms with E-state index >= 15 is 0 Å². The number of nitrogens with zero attached hydrogens (tertiary/aromatic N) is 1. The first-order chi connectivity index (χ1) is 6.50. The lowest BCUT2D eigenvalue weighted by molar-refractivity contribution is -0.139. The summed E-state index contributed by atoms with van der Waals surface area (Å²) in [4.78, 5) is 14.8. The quantitative estimate of drug-likeness (QED) is 0.438. The zero-order valence-electron chi connectivity index (χ0n) is 8.31. The Morgan fingerprint density at radius 3 is 2.71 bits per heavy atom. The number of hydrogen-bond donors (Lipinski definition) is 3. The summed E-state index contributed by atoms with van der Waals surface area (Å²) in [6, 6.07) is -0.594. The van der Waals surface area contributed by atoms with Crippen molar-refractivity contribution in [1.82, 2.24) is 0 Å². The van der Waals surface area contributed by atoms with E-state index in [-0.39, 0.29) is 12.0 Å². The molecule has 1 fully saturated rings. The number of carboxylic acids is 1. The summed E-state index contributed by atoms with van der Waals surface area (Å²) in [5.74, 6) is -0.329. The molecule has 0 unspecified atom stereocenters. The minimum absolute atomic E-state index is 0.0422. The third-order valence-corrected chi connectivity index (χ3v) is 2.62. The molecule has 0 aromatic rings. The van der Waals surface area contributed by atoms with E-state index in [9.17, 15) is 4.79 Å². The van der Waals surface area contributed by atoms with Crippen molar-refractivity contribution in [1.29, 1.82) is 0 Å². The molecule has 80 valence electrons. The lowest BCUT2D eigenvalue weighted by Crippen LogP contribution is -2.37. The molecule has 0 aromatic heterocycles. The highest BCUT2D eigenvalue weighted by Crippen LogP contribution is 2.29. The molecule has 1 rings (SSSR count). The van der Waals surface area contributed by atoms with Crippen molar-refractivity contribution < 1.29 is 9.90 Å². The predicted molar refractivity (Wildman–Crippen MR) is 54.0 cm³/mol. The molecule has 3 atom stereocenters. The van der Waals surface area contributed by atoms with Gasteiger partial charge >= 0.3 is 5.97 Å². The molecule has 5 N–H and O–H groups in total. The maximum atomic E-state index is 10.6. The molecule has 1 saturated carbocycles. The van der Waals surface area contributed by atoms with Crippen LogP contribution in [0.2, 0.25) is 0 Å². The lowest BCUT2D eigenvalue weighted by atomic mass is 9.99. The summed E-state index contributed by atoms with van der Waals surface area (Å²) >= 11 is 0. The molecule has 5 nitrogen and oxygen atoms in total. The SMILES string of the molecule is CC(N)=N[C@@H]1CC[C@@H]([C@H](N)C(=O)O)C1. The largest absolute Gasteiger partial charge is 0.480 e. The van der Waals surface area contributed by atoms with Gasteiger partial charge in [-0.05, 0) is 32.1 Å². The van der Waals surface area contributed by atoms with Crippen molar-refractivity contribution >= 4 is 11.8 Å². The van der Waals surface area contributed by atoms with Crippen molar-refractivity contribution in [3.8, 4) is 0 Å². The number of hydrogen-bond acceptors (Lipinski definition) is 3. The molecule has 5 heteroatoms. The zero-order chi connectivity index (χ0) is 10.7. The van der Waals surface area contributed by atoms with E-state index < -0.39 is 12.0 Å². The Bertz CT molecular complexity index is 248. The van der Waals surface area contributed by atoms with Crippen LogP contribution in [0.25, 0.3) is 0 Å². The van der Waals surface area contributed by atoms with E-state index in [1.165, 1.54) is 0 Å². The second-order valence-corrected chi connectivity index (χ2v) is 3.86. The van der Waals surface area contributed by atoms with Gasteiger partial charge in [0, 0.05) is 0 Å². The first-order valence-corrected chi connectivity index (χ1v) is 4.79. The van der Waals surface area contributed by atoms with Crippen molar-refractivity contribution in [2.45, 2.75) is 38.3 Å². The van der Waals surface area contributed by atoms with Gasteiger partial charge in [-0.2, -0.15) is 0 Å². The first-order valence-electron chi connectivity index (χ1n) is 4.79. The molecule has 0 heterocycles. The highest BCUT2D eigenvalue weighted by Gasteiger charge is 2.32. The van der Waals surface area contributed by atoms with E-state index in [1.54, 1.807) is 6.92 Å². The maximum Gasteiger partial charge on any atom is 0.320 e. The van der Waals surface area contributed by atoms with Gasteiger partial charge in [0.05, 0.1) is 11.9 Å². The summed E-state index contributed by atoms with van der Waals surface area (Å²) < 4.78 is 0. The Balaban J connectivity index is 2.49. The van der Waals surface area contributed by atoms with E-state index in [0.717, 1.165) is 19.3 Å². The van der Waals surface area contributed by atoms with Gasteiger partial charge in [-0.25, -0.2) is 0 Å². The summed E-state index contributed by atoms with van der Waals surface area (Å²) in [7, 11) is 0. The fraction of sp³-hybridized carbons (Fsp3) is 0.778. The first kappa shape index (κ1) is 11.0. The van der Waals surface area contributed by atoms with E-state index in [1.807, 2.05) is 0 Å². The van der Waals surface area contributed by atoms with Crippen LogP contribution < -0.4 is 11.5 Å². The van der Waals surface area contributed by atoms with E-state index in [4.69, 9.17) is 16.6 Å². The Kier molecular flexibility index (Phi) is 3.46. The van der Waals surface area contributed by atoms with Gasteiger partial charge in [-0.3, -0.25) is 9.79 Å². The van der Waals surface area contributed by atoms with Gasteiger partial charge in [0.15, 0.2) is 0 Å². The summed E-state index contributed by atoms with van der Waals surface area (Å²) in [6.45, 7) is 1.74. The smallest absolute Gasteiger partial charge is 0.320 e. The second kappa shape index (κ2) is 4.41. The Morgan fingerprint density at radius 2 is 2.21 bits per heavy atom. The number of amidine groups is 1. The van der Waals surface area contributed by atoms with Crippen LogP contribution in [0.5, 0.6) is 0 Å². The summed E-state index contributed by atoms with van der Waals surface area (Å²) in [5, 5.41) is 8.73. The molecular formula is C9H17N3O2. The zero-order valence-corrected chi connectivity index (χ0v) is 8.31. The monoisotopic (exact) mass is 199 g/mol. The van der Waals surface area contributed by atoms with Crippen LogP contribution in [0.1, 0.15) is 26.2 Å². The number of aliphatic carboxylic acids is 1. The number of nitrogens with two attached hydrogens (primary N) is 2. The van der Waals surface area contributed by atoms with Gasteiger partial charge < -0.3 is 16.6 Å². The Morgan fingerprint density at radius 1 is 1.57 bits per heavy atom. The van der Waals surface area contributed by atoms with Gasteiger partial charge in [0.1, 0.15) is 6.04 Å². The van der Waals surface area contributed by atoms with Crippen LogP contribution in [-0.2, 0) is 4.79 Å². The molecule has 0 saturated heterocycles. The fourth-order valence-electron chi connectivity index (χ4n) is 1.92. The second-order valence-electron chi connectivity index (χ2n) is 3.86. The highest BCUT2D eigenvalue weighted by atomic mass is 16.4. The molecule has 0 spiro atoms. The molecule has 1 aliphatic carbocycles. The third-order valence-electron chi connectivity index (χ3n) is 2.62. The highest BCUT2D eigenvalue weighted by molar-refractivity contribution is 5.77. The normalized spacial score (nSPS) is 30.3. The third kappa shape index (κ3) is 2.70. The topological polar surface area (TPSA) is 102 Å². The van der Waals surface area contributed by atoms with Crippen LogP contribution in [0.15, 0.2) is 4.99 Å². The average Bonchev–Trinajstić information content (AvgIpc) is 2.50. The molecule has 14 heavy (non-hydrogen) atoms. The minimum atomic E-state index is -0.927. The lowest BCUT2D eigenvalue weighted by Gasteiger charge is -2.13. The van der Waals surface area contributed by atoms with E-state index in [2.05, 4.69) is 4.99 Å². The van der Waals surface area contributed by atoms with Crippen LogP contribution in [-0.4, -0.2) is 29.0 Å². The molecular weight excluding hydrogens is 182 g/mol. The van der Waals surface area contributed by atoms with Crippen molar-refractivity contribution in [3.63, 3.8) is 0 Å². The molecule has 1 aliphatic rings. The average molecular weight is 199 g/mol. The summed E-state index contributed by atoms with van der Waals surface area (Å²) in [6.07, 6.45) is 2.46. The van der Waals surface area contributed by atoms with Crippen molar-refractivity contribution in [3.05, 3.63) is 0 Å². The molecule has 0 bridgehead atoms. The predicted octanol–water partition coefficient (Wildman–Crippen LogP) is -0.0559. The maximum absolute atomic E-state index is 10.6. The van der Waals surface area contributed by atoms with Gasteiger partial charge in [-0.1, -0.05) is 0 Å². The standard InChI is InChI=1S/C9H17N3O2/c1-5(10)12-7-3-2-6(4-7)8(11)9(13)14/h6-8H,2-4,11H2,1H3,(H2,10,12)(H,13,14)/t6-,7-,8+/m1/s1. The number of carbonyl (C=O) groups is 1. The van der Waals surface area contributed by atoms with Gasteiger partial charge in [-0.15, -0.1) is 0 Å². The molecule has 0 aromatic carbocycles. The molecule has 0 amide bonds. The number of aliphatic imine (C=N–C) groups is 1. The van der Waals surface area contributed by atoms with E-state index in [0.29, 0.717) is 5.84 Å². The van der Waals surface area contributed by atoms with Crippen LogP contribution in [0.4, 0.5) is 0 Å². The van der Waals surface area contributed by atoms with Crippen LogP contribution in [0, 0.1) is 5.92 Å². The Hall–Kier alpha value is -1.10. The van der Waals surface area contributed by atoms with Crippen LogP contribution >= 0.6 is 0 Å². The fourth-order valence-corrected chi connectivity index (χ4v) is 1.92. The van der Waals surface area contributed by atoms with Gasteiger partial charge in [0.25, 0.3) is 0 Å². The minimum Gasteiger partial charge on any atom is -0.480 e. The van der Waals surface area contributed by atoms with Crippen LogP contribution in [0.3, 0.4) is 0 Å². The molecule has 0 radical (unpaired) electrons. The Labute approximate surface area is 83.2 Å². The summed E-state index contributed by atoms with van der Waals surface area (Å²) in [5.41, 5.74) is 11.0. The van der Waals surface area contributed by atoms with Gasteiger partial charge in [0.2, 0.25) is 0 Å². The van der Waals surface area contributed by atoms with Crippen molar-refractivity contribution in [2.75, 3.05) is 0 Å².